The molecule has 1 heteroatoms. The van der Waals surface area contributed by atoms with Crippen LogP contribution >= 0.6 is 0 Å². The van der Waals surface area contributed by atoms with Crippen molar-refractivity contribution in [1.82, 2.24) is 0 Å². The minimum Gasteiger partial charge on any atom is -0.294 e. The van der Waals surface area contributed by atoms with Crippen LogP contribution in [0.4, 0.5) is 0 Å². The largest absolute Gasteiger partial charge is 0.294 e. The second kappa shape index (κ2) is 8.14. The quantitative estimate of drug-likeness (QED) is 0.491. The Balaban J connectivity index is 2.23. The van der Waals surface area contributed by atoms with E-state index in [2.05, 4.69) is 31.7 Å². The second-order valence-electron chi connectivity index (χ2n) is 5.49. The molecule has 0 heterocycles. The van der Waals surface area contributed by atoms with Crippen LogP contribution in [0.25, 0.3) is 0 Å². The van der Waals surface area contributed by atoms with Gasteiger partial charge in [-0.15, -0.1) is 0 Å². The monoisotopic (exact) mass is 290 g/mol. The third-order valence-electron chi connectivity index (χ3n) is 3.91. The number of hydrogen-bond acceptors (Lipinski definition) is 1. The maximum atomic E-state index is 12.6. The maximum absolute atomic E-state index is 12.6. The van der Waals surface area contributed by atoms with Gasteiger partial charge in [0.2, 0.25) is 0 Å². The molecule has 0 saturated heterocycles. The van der Waals surface area contributed by atoms with Gasteiger partial charge in [0, 0.05) is 12.0 Å². The highest BCUT2D eigenvalue weighted by Crippen LogP contribution is 2.30. The molecule has 0 spiro atoms. The van der Waals surface area contributed by atoms with Crippen LogP contribution in [-0.2, 0) is 0 Å². The lowest BCUT2D eigenvalue weighted by Crippen LogP contribution is -2.13. The Bertz CT molecular complexity index is 625. The van der Waals surface area contributed by atoms with Crippen molar-refractivity contribution in [2.45, 2.75) is 19.3 Å². The van der Waals surface area contributed by atoms with Crippen molar-refractivity contribution in [2.24, 2.45) is 5.92 Å². The molecule has 2 rings (SSSR count). The molecule has 0 amide bonds. The second-order valence-corrected chi connectivity index (χ2v) is 5.49. The Morgan fingerprint density at radius 1 is 1.05 bits per heavy atom. The smallest absolute Gasteiger partial charge is 0.163 e. The summed E-state index contributed by atoms with van der Waals surface area (Å²) in [5.74, 6) is 0.631. The van der Waals surface area contributed by atoms with Crippen molar-refractivity contribution in [3.05, 3.63) is 96.6 Å². The first-order chi connectivity index (χ1) is 10.7. The van der Waals surface area contributed by atoms with Crippen LogP contribution in [0.15, 0.2) is 85.5 Å². The van der Waals surface area contributed by atoms with Crippen molar-refractivity contribution in [1.29, 1.82) is 0 Å². The zero-order chi connectivity index (χ0) is 15.8. The van der Waals surface area contributed by atoms with E-state index in [0.717, 1.165) is 5.56 Å². The van der Waals surface area contributed by atoms with Gasteiger partial charge in [0.15, 0.2) is 5.78 Å². The summed E-state index contributed by atoms with van der Waals surface area (Å²) >= 11 is 0. The van der Waals surface area contributed by atoms with Crippen molar-refractivity contribution in [3.8, 4) is 0 Å². The average Bonchev–Trinajstić information content (AvgIpc) is 2.59. The highest BCUT2D eigenvalue weighted by Gasteiger charge is 2.21. The fourth-order valence-electron chi connectivity index (χ4n) is 2.64. The van der Waals surface area contributed by atoms with E-state index in [1.165, 1.54) is 5.56 Å². The average molecular weight is 290 g/mol. The number of carbonyl (C=O) groups excluding carboxylic acids is 1. The summed E-state index contributed by atoms with van der Waals surface area (Å²) in [6.45, 7) is 5.87. The molecular weight excluding hydrogens is 268 g/mol. The van der Waals surface area contributed by atoms with E-state index in [1.807, 2.05) is 54.6 Å². The minimum atomic E-state index is 0.171. The first-order valence-electron chi connectivity index (χ1n) is 7.64. The van der Waals surface area contributed by atoms with E-state index in [1.54, 1.807) is 6.08 Å². The van der Waals surface area contributed by atoms with Crippen LogP contribution < -0.4 is 0 Å². The summed E-state index contributed by atoms with van der Waals surface area (Å²) in [4.78, 5) is 12.6. The van der Waals surface area contributed by atoms with Gasteiger partial charge >= 0.3 is 0 Å². The molecule has 0 aliphatic carbocycles. The van der Waals surface area contributed by atoms with Gasteiger partial charge in [0.1, 0.15) is 0 Å². The Morgan fingerprint density at radius 3 is 2.23 bits per heavy atom. The molecule has 0 saturated carbocycles. The first-order valence-corrected chi connectivity index (χ1v) is 7.64. The summed E-state index contributed by atoms with van der Waals surface area (Å²) in [7, 11) is 0. The fraction of sp³-hybridized carbons (Fsp3) is 0.190. The number of carbonyl (C=O) groups is 1. The molecule has 2 aromatic carbocycles. The SMILES string of the molecule is C=C/C=C/C(C)C(CC(=O)c1ccccc1)c1ccccc1. The Hall–Kier alpha value is -2.41. The van der Waals surface area contributed by atoms with Gasteiger partial charge in [-0.1, -0.05) is 92.4 Å². The molecule has 2 aromatic rings. The molecule has 0 aromatic heterocycles. The van der Waals surface area contributed by atoms with E-state index in [-0.39, 0.29) is 17.6 Å². The molecule has 0 radical (unpaired) electrons. The third kappa shape index (κ3) is 4.29. The van der Waals surface area contributed by atoms with Crippen molar-refractivity contribution in [3.63, 3.8) is 0 Å². The first kappa shape index (κ1) is 16.0. The van der Waals surface area contributed by atoms with Gasteiger partial charge < -0.3 is 0 Å². The summed E-state index contributed by atoms with van der Waals surface area (Å²) in [6, 6.07) is 19.8. The van der Waals surface area contributed by atoms with Crippen LogP contribution in [0.1, 0.15) is 35.2 Å². The number of hydrogen-bond donors (Lipinski definition) is 0. The predicted octanol–water partition coefficient (Wildman–Crippen LogP) is 5.42. The molecule has 2 atom stereocenters. The molecule has 112 valence electrons. The molecule has 22 heavy (non-hydrogen) atoms. The Morgan fingerprint density at radius 2 is 1.64 bits per heavy atom. The van der Waals surface area contributed by atoms with Crippen LogP contribution in [0.2, 0.25) is 0 Å². The molecule has 1 nitrogen and oxygen atoms in total. The lowest BCUT2D eigenvalue weighted by molar-refractivity contribution is 0.0968. The molecule has 0 bridgehead atoms. The number of allylic oxidation sites excluding steroid dienone is 3. The molecule has 0 N–H and O–H groups in total. The topological polar surface area (TPSA) is 17.1 Å². The van der Waals surface area contributed by atoms with Crippen LogP contribution in [0.5, 0.6) is 0 Å². The van der Waals surface area contributed by atoms with Gasteiger partial charge in [-0.25, -0.2) is 0 Å². The highest BCUT2D eigenvalue weighted by molar-refractivity contribution is 5.96. The van der Waals surface area contributed by atoms with Gasteiger partial charge in [-0.3, -0.25) is 4.79 Å². The number of ketones is 1. The van der Waals surface area contributed by atoms with E-state index in [0.29, 0.717) is 6.42 Å². The van der Waals surface area contributed by atoms with Gasteiger partial charge in [-0.2, -0.15) is 0 Å². The fourth-order valence-corrected chi connectivity index (χ4v) is 2.64. The van der Waals surface area contributed by atoms with E-state index < -0.39 is 0 Å². The zero-order valence-electron chi connectivity index (χ0n) is 13.0. The summed E-state index contributed by atoms with van der Waals surface area (Å²) in [5, 5.41) is 0. The predicted molar refractivity (Wildman–Crippen MR) is 93.1 cm³/mol. The maximum Gasteiger partial charge on any atom is 0.163 e. The number of Topliss-reactive ketones (excluding diaryl/α,β-unsaturated/α-hetero) is 1. The van der Waals surface area contributed by atoms with Crippen LogP contribution in [0.3, 0.4) is 0 Å². The number of benzene rings is 2. The molecule has 2 unspecified atom stereocenters. The van der Waals surface area contributed by atoms with Crippen molar-refractivity contribution < 1.29 is 4.79 Å². The summed E-state index contributed by atoms with van der Waals surface area (Å²) in [6.07, 6.45) is 6.35. The van der Waals surface area contributed by atoms with Gasteiger partial charge in [-0.05, 0) is 17.4 Å². The van der Waals surface area contributed by atoms with E-state index in [9.17, 15) is 4.79 Å². The normalized spacial score (nSPS) is 13.7. The lowest BCUT2D eigenvalue weighted by atomic mass is 9.82. The molecule has 0 aliphatic rings. The zero-order valence-corrected chi connectivity index (χ0v) is 13.0. The van der Waals surface area contributed by atoms with E-state index in [4.69, 9.17) is 0 Å². The van der Waals surface area contributed by atoms with Crippen LogP contribution in [0, 0.1) is 5.92 Å². The van der Waals surface area contributed by atoms with Crippen LogP contribution in [-0.4, -0.2) is 5.78 Å². The summed E-state index contributed by atoms with van der Waals surface area (Å²) in [5.41, 5.74) is 1.98. The van der Waals surface area contributed by atoms with Gasteiger partial charge in [0.25, 0.3) is 0 Å². The molecular formula is C21H22O. The van der Waals surface area contributed by atoms with E-state index >= 15 is 0 Å². The molecule has 0 fully saturated rings. The van der Waals surface area contributed by atoms with Crippen molar-refractivity contribution in [2.75, 3.05) is 0 Å². The minimum absolute atomic E-state index is 0.171. The van der Waals surface area contributed by atoms with Gasteiger partial charge in [0.05, 0.1) is 0 Å². The Labute approximate surface area is 133 Å². The third-order valence-corrected chi connectivity index (χ3v) is 3.91. The Kier molecular flexibility index (Phi) is 5.91. The number of rotatable bonds is 7. The standard InChI is InChI=1S/C21H22O/c1-3-4-11-17(2)20(18-12-7-5-8-13-18)16-21(22)19-14-9-6-10-15-19/h3-15,17,20H,1,16H2,2H3/b11-4+. The van der Waals surface area contributed by atoms with Crippen molar-refractivity contribution >= 4 is 5.78 Å². The highest BCUT2D eigenvalue weighted by atomic mass is 16.1. The lowest BCUT2D eigenvalue weighted by Gasteiger charge is -2.21. The summed E-state index contributed by atoms with van der Waals surface area (Å²) < 4.78 is 0. The molecule has 0 aliphatic heterocycles.